The van der Waals surface area contributed by atoms with Crippen molar-refractivity contribution in [2.45, 2.75) is 32.5 Å². The van der Waals surface area contributed by atoms with Gasteiger partial charge in [0.05, 0.1) is 24.9 Å². The van der Waals surface area contributed by atoms with Gasteiger partial charge in [-0.25, -0.2) is 9.97 Å². The molecule has 0 bridgehead atoms. The minimum atomic E-state index is 0.0552. The van der Waals surface area contributed by atoms with Gasteiger partial charge in [0.15, 0.2) is 0 Å². The topological polar surface area (TPSA) is 63.2 Å². The van der Waals surface area contributed by atoms with Crippen LogP contribution in [0.5, 0.6) is 0 Å². The summed E-state index contributed by atoms with van der Waals surface area (Å²) in [5, 5.41) is 3.33. The van der Waals surface area contributed by atoms with E-state index in [1.165, 1.54) is 0 Å². The molecule has 3 rings (SSSR count). The molecule has 0 radical (unpaired) electrons. The lowest BCUT2D eigenvalue weighted by Gasteiger charge is -2.34. The molecule has 1 unspecified atom stereocenters. The van der Waals surface area contributed by atoms with E-state index in [0.29, 0.717) is 12.6 Å². The molecule has 0 saturated carbocycles. The van der Waals surface area contributed by atoms with Crippen molar-refractivity contribution in [3.05, 3.63) is 48.2 Å². The molecule has 23 heavy (non-hydrogen) atoms. The quantitative estimate of drug-likeness (QED) is 0.913. The molecule has 1 aliphatic rings. The van der Waals surface area contributed by atoms with Crippen molar-refractivity contribution >= 4 is 5.82 Å². The third-order valence-corrected chi connectivity index (χ3v) is 3.74. The Hall–Kier alpha value is -2.05. The Morgan fingerprint density at radius 2 is 2.17 bits per heavy atom. The Labute approximate surface area is 136 Å². The molecule has 1 fully saturated rings. The molecule has 0 spiro atoms. The van der Waals surface area contributed by atoms with Gasteiger partial charge in [0, 0.05) is 31.5 Å². The molecule has 122 valence electrons. The molecule has 0 aromatic carbocycles. The summed E-state index contributed by atoms with van der Waals surface area (Å²) in [7, 11) is 0. The van der Waals surface area contributed by atoms with Crippen LogP contribution in [0.15, 0.2) is 36.7 Å². The largest absolute Gasteiger partial charge is 0.378 e. The van der Waals surface area contributed by atoms with E-state index in [0.717, 1.165) is 37.0 Å². The van der Waals surface area contributed by atoms with Crippen molar-refractivity contribution in [2.24, 2.45) is 0 Å². The van der Waals surface area contributed by atoms with Crippen molar-refractivity contribution in [2.75, 3.05) is 25.1 Å². The van der Waals surface area contributed by atoms with E-state index in [4.69, 9.17) is 4.74 Å². The molecule has 1 atom stereocenters. The average Bonchev–Trinajstić information content (AvgIpc) is 2.56. The normalized spacial score (nSPS) is 19.0. The fraction of sp³-hybridized carbons (Fsp3) is 0.471. The number of ether oxygens (including phenoxy) is 1. The number of hydrogen-bond donors (Lipinski definition) is 1. The molecule has 6 nitrogen and oxygen atoms in total. The summed E-state index contributed by atoms with van der Waals surface area (Å²) in [6.45, 7) is 7.16. The molecular weight excluding hydrogens is 290 g/mol. The lowest BCUT2D eigenvalue weighted by Crippen LogP contribution is -2.40. The van der Waals surface area contributed by atoms with Gasteiger partial charge in [-0.2, -0.15) is 0 Å². The first-order valence-electron chi connectivity index (χ1n) is 8.03. The molecule has 2 aromatic rings. The number of nitrogens with zero attached hydrogens (tertiary/aromatic N) is 4. The van der Waals surface area contributed by atoms with Crippen LogP contribution in [0.1, 0.15) is 31.4 Å². The smallest absolute Gasteiger partial charge is 0.150 e. The van der Waals surface area contributed by atoms with Gasteiger partial charge in [0.2, 0.25) is 0 Å². The van der Waals surface area contributed by atoms with Crippen molar-refractivity contribution < 1.29 is 4.74 Å². The maximum absolute atomic E-state index is 5.66. The van der Waals surface area contributed by atoms with Crippen molar-refractivity contribution in [3.63, 3.8) is 0 Å². The number of nitrogens with one attached hydrogen (secondary N) is 1. The summed E-state index contributed by atoms with van der Waals surface area (Å²) in [5.41, 5.74) is 1.05. The molecule has 1 aliphatic heterocycles. The van der Waals surface area contributed by atoms with Gasteiger partial charge in [0.25, 0.3) is 0 Å². The molecule has 0 amide bonds. The van der Waals surface area contributed by atoms with E-state index in [-0.39, 0.29) is 6.04 Å². The minimum absolute atomic E-state index is 0.0552. The summed E-state index contributed by atoms with van der Waals surface area (Å²) in [5.74, 6) is 1.65. The zero-order valence-corrected chi connectivity index (χ0v) is 13.6. The Kier molecular flexibility index (Phi) is 5.15. The van der Waals surface area contributed by atoms with Crippen LogP contribution >= 0.6 is 0 Å². The first kappa shape index (κ1) is 15.8. The first-order chi connectivity index (χ1) is 11.2. The third-order valence-electron chi connectivity index (χ3n) is 3.74. The second kappa shape index (κ2) is 7.48. The molecule has 3 heterocycles. The monoisotopic (exact) mass is 313 g/mol. The molecule has 1 saturated heterocycles. The zero-order valence-electron chi connectivity index (χ0n) is 13.6. The molecule has 2 aromatic heterocycles. The Bertz CT molecular complexity index is 619. The number of hydrogen-bond acceptors (Lipinski definition) is 6. The van der Waals surface area contributed by atoms with Crippen molar-refractivity contribution in [1.29, 1.82) is 0 Å². The van der Waals surface area contributed by atoms with Crippen LogP contribution in [-0.2, 0) is 11.3 Å². The Balaban J connectivity index is 1.78. The Morgan fingerprint density at radius 3 is 2.96 bits per heavy atom. The van der Waals surface area contributed by atoms with Gasteiger partial charge in [-0.15, -0.1) is 0 Å². The van der Waals surface area contributed by atoms with E-state index in [2.05, 4.69) is 39.0 Å². The number of aromatic nitrogens is 3. The highest BCUT2D eigenvalue weighted by Gasteiger charge is 2.27. The van der Waals surface area contributed by atoms with Crippen LogP contribution in [0.4, 0.5) is 5.82 Å². The van der Waals surface area contributed by atoms with Gasteiger partial charge in [-0.05, 0) is 32.0 Å². The van der Waals surface area contributed by atoms with E-state index < -0.39 is 0 Å². The second-order valence-electron chi connectivity index (χ2n) is 5.98. The van der Waals surface area contributed by atoms with Crippen LogP contribution in [0, 0.1) is 0 Å². The average molecular weight is 313 g/mol. The van der Waals surface area contributed by atoms with Crippen LogP contribution in [0.2, 0.25) is 0 Å². The van der Waals surface area contributed by atoms with Crippen LogP contribution in [-0.4, -0.2) is 45.7 Å². The predicted molar refractivity (Wildman–Crippen MR) is 89.0 cm³/mol. The van der Waals surface area contributed by atoms with Crippen LogP contribution < -0.4 is 5.32 Å². The van der Waals surface area contributed by atoms with Gasteiger partial charge < -0.3 is 10.1 Å². The highest BCUT2D eigenvalue weighted by atomic mass is 16.5. The van der Waals surface area contributed by atoms with E-state index >= 15 is 0 Å². The van der Waals surface area contributed by atoms with Crippen molar-refractivity contribution in [3.8, 4) is 0 Å². The van der Waals surface area contributed by atoms with Crippen LogP contribution in [0.3, 0.4) is 0 Å². The summed E-state index contributed by atoms with van der Waals surface area (Å²) >= 11 is 0. The predicted octanol–water partition coefficient (Wildman–Crippen LogP) is 2.27. The summed E-state index contributed by atoms with van der Waals surface area (Å²) in [6.07, 6.45) is 3.63. The molecule has 1 N–H and O–H groups in total. The maximum atomic E-state index is 5.66. The minimum Gasteiger partial charge on any atom is -0.378 e. The Morgan fingerprint density at radius 1 is 1.26 bits per heavy atom. The number of rotatable bonds is 5. The van der Waals surface area contributed by atoms with E-state index in [9.17, 15) is 0 Å². The van der Waals surface area contributed by atoms with E-state index in [1.54, 1.807) is 6.20 Å². The van der Waals surface area contributed by atoms with Gasteiger partial charge in [0.1, 0.15) is 11.6 Å². The fourth-order valence-electron chi connectivity index (χ4n) is 2.68. The lowest BCUT2D eigenvalue weighted by atomic mass is 10.2. The number of pyridine rings is 1. The fourth-order valence-corrected chi connectivity index (χ4v) is 2.68. The van der Waals surface area contributed by atoms with E-state index in [1.807, 2.05) is 30.5 Å². The SMILES string of the molecule is CC(C)Nc1ccnc(C2COCCN2Cc2ccccn2)n1. The molecule has 6 heteroatoms. The number of morpholine rings is 1. The summed E-state index contributed by atoms with van der Waals surface area (Å²) in [4.78, 5) is 15.9. The first-order valence-corrected chi connectivity index (χ1v) is 8.03. The van der Waals surface area contributed by atoms with Crippen molar-refractivity contribution in [1.82, 2.24) is 19.9 Å². The van der Waals surface area contributed by atoms with Gasteiger partial charge in [-0.3, -0.25) is 9.88 Å². The summed E-state index contributed by atoms with van der Waals surface area (Å²) in [6, 6.07) is 8.29. The molecular formula is C17H23N5O. The second-order valence-corrected chi connectivity index (χ2v) is 5.98. The standard InChI is InChI=1S/C17H23N5O/c1-13(2)20-16-6-8-19-17(21-16)15-12-23-10-9-22(15)11-14-5-3-4-7-18-14/h3-8,13,15H,9-12H2,1-2H3,(H,19,20,21). The highest BCUT2D eigenvalue weighted by Crippen LogP contribution is 2.23. The molecule has 0 aliphatic carbocycles. The maximum Gasteiger partial charge on any atom is 0.150 e. The van der Waals surface area contributed by atoms with Gasteiger partial charge in [-0.1, -0.05) is 6.07 Å². The number of anilines is 1. The highest BCUT2D eigenvalue weighted by molar-refractivity contribution is 5.34. The zero-order chi connectivity index (χ0) is 16.1. The van der Waals surface area contributed by atoms with Crippen LogP contribution in [0.25, 0.3) is 0 Å². The third kappa shape index (κ3) is 4.24. The van der Waals surface area contributed by atoms with Gasteiger partial charge >= 0.3 is 0 Å². The lowest BCUT2D eigenvalue weighted by molar-refractivity contribution is -0.0164. The summed E-state index contributed by atoms with van der Waals surface area (Å²) < 4.78 is 5.66.